The Hall–Kier alpha value is 0.340. The maximum atomic E-state index is 4.33. The smallest absolute Gasteiger partial charge is 0.00934 e. The largest absolute Gasteiger partial charge is 0.152 e. The van der Waals surface area contributed by atoms with E-state index < -0.39 is 0 Å². The third-order valence-corrected chi connectivity index (χ3v) is 1.05. The Kier molecular flexibility index (Phi) is 6.65. The molecule has 0 saturated heterocycles. The molecule has 0 radical (unpaired) electrons. The highest BCUT2D eigenvalue weighted by molar-refractivity contribution is 8.05. The van der Waals surface area contributed by atoms with Gasteiger partial charge in [-0.3, -0.25) is 0 Å². The molecule has 0 atom stereocenters. The molecule has 7 heavy (non-hydrogen) atoms. The van der Waals surface area contributed by atoms with Gasteiger partial charge in [0.2, 0.25) is 0 Å². The number of thiol groups is 1. The molecule has 0 aliphatic heterocycles. The molecular formula is C4H5ClS2. The van der Waals surface area contributed by atoms with Gasteiger partial charge in [0, 0.05) is 0 Å². The van der Waals surface area contributed by atoms with Crippen LogP contribution in [-0.4, -0.2) is 0 Å². The van der Waals surface area contributed by atoms with Gasteiger partial charge in [-0.1, -0.05) is 24.0 Å². The Morgan fingerprint density at radius 3 is 1.71 bits per heavy atom. The molecule has 0 aliphatic carbocycles. The molecule has 0 aliphatic rings. The summed E-state index contributed by atoms with van der Waals surface area (Å²) in [4.78, 5) is 0. The summed E-state index contributed by atoms with van der Waals surface area (Å²) < 4.78 is 0. The highest BCUT2D eigenvalue weighted by Crippen LogP contribution is 1.91. The Labute approximate surface area is 57.0 Å². The number of hydrogen-bond acceptors (Lipinski definition) is 2. The van der Waals surface area contributed by atoms with Gasteiger partial charge in [0.25, 0.3) is 0 Å². The zero-order chi connectivity index (χ0) is 5.54. The highest BCUT2D eigenvalue weighted by atomic mass is 35.7. The molecule has 0 amide bonds. The van der Waals surface area contributed by atoms with Crippen molar-refractivity contribution in [3.8, 4) is 0 Å². The van der Waals surface area contributed by atoms with Gasteiger partial charge >= 0.3 is 0 Å². The lowest BCUT2D eigenvalue weighted by molar-refractivity contribution is 2.03. The van der Waals surface area contributed by atoms with Crippen molar-refractivity contribution < 1.29 is 0 Å². The van der Waals surface area contributed by atoms with Gasteiger partial charge in [0.1, 0.15) is 0 Å². The molecule has 1 aromatic heterocycles. The zero-order valence-corrected chi connectivity index (χ0v) is 6.01. The molecule has 40 valence electrons. The van der Waals surface area contributed by atoms with Crippen LogP contribution in [0, 0.1) is 0 Å². The minimum Gasteiger partial charge on any atom is -0.152 e. The lowest BCUT2D eigenvalue weighted by Gasteiger charge is -1.39. The summed E-state index contributed by atoms with van der Waals surface area (Å²) in [5.41, 5.74) is 0. The predicted molar refractivity (Wildman–Crippen MR) is 39.2 cm³/mol. The monoisotopic (exact) mass is 152 g/mol. The first-order valence-corrected chi connectivity index (χ1v) is 3.94. The number of hydrogen-bond donors (Lipinski definition) is 1. The summed E-state index contributed by atoms with van der Waals surface area (Å²) in [6.07, 6.45) is 0. The molecule has 0 aromatic carbocycles. The van der Waals surface area contributed by atoms with Crippen LogP contribution in [0.4, 0.5) is 0 Å². The van der Waals surface area contributed by atoms with E-state index >= 15 is 0 Å². The van der Waals surface area contributed by atoms with E-state index in [1.165, 1.54) is 0 Å². The maximum Gasteiger partial charge on any atom is -0.00934 e. The summed E-state index contributed by atoms with van der Waals surface area (Å²) >= 11 is 4.71. The van der Waals surface area contributed by atoms with E-state index in [-0.39, 0.29) is 0 Å². The summed E-state index contributed by atoms with van der Waals surface area (Å²) in [5.74, 6) is 0. The normalized spacial score (nSPS) is 6.57. The van der Waals surface area contributed by atoms with Crippen LogP contribution in [-0.2, 0) is 0 Å². The summed E-state index contributed by atoms with van der Waals surface area (Å²) in [6.45, 7) is 0. The van der Waals surface area contributed by atoms with E-state index in [1.807, 2.05) is 22.9 Å². The fourth-order valence-corrected chi connectivity index (χ4v) is 0.680. The van der Waals surface area contributed by atoms with E-state index in [4.69, 9.17) is 0 Å². The summed E-state index contributed by atoms with van der Waals surface area (Å²) in [6, 6.07) is 4.04. The molecule has 1 heterocycles. The predicted octanol–water partition coefficient (Wildman–Crippen LogP) is 2.82. The summed E-state index contributed by atoms with van der Waals surface area (Å²) in [5, 5.41) is 4.08. The lowest BCUT2D eigenvalue weighted by atomic mass is 10.7. The van der Waals surface area contributed by atoms with Crippen molar-refractivity contribution in [1.29, 1.82) is 0 Å². The first-order valence-electron chi connectivity index (χ1n) is 1.64. The topological polar surface area (TPSA) is 0 Å². The van der Waals surface area contributed by atoms with Gasteiger partial charge in [0.15, 0.2) is 0 Å². The van der Waals surface area contributed by atoms with Crippen molar-refractivity contribution in [3.05, 3.63) is 22.9 Å². The average molecular weight is 153 g/mol. The molecule has 0 N–H and O–H groups in total. The van der Waals surface area contributed by atoms with Crippen molar-refractivity contribution in [2.45, 2.75) is 0 Å². The minimum absolute atomic E-state index is 1.71. The third kappa shape index (κ3) is 4.19. The standard InChI is InChI=1S/C4H4S.ClHS/c1-2-4-5-3-1;1-2/h1-4H;2H. The second kappa shape index (κ2) is 6.34. The van der Waals surface area contributed by atoms with Crippen LogP contribution < -0.4 is 0 Å². The molecule has 1 aromatic rings. The number of thiophene rings is 1. The van der Waals surface area contributed by atoms with Crippen molar-refractivity contribution in [1.82, 2.24) is 0 Å². The van der Waals surface area contributed by atoms with Crippen molar-refractivity contribution in [2.75, 3.05) is 0 Å². The fraction of sp³-hybridized carbons (Fsp3) is 0. The first-order chi connectivity index (χ1) is 3.50. The molecule has 0 saturated carbocycles. The van der Waals surface area contributed by atoms with E-state index in [9.17, 15) is 0 Å². The van der Waals surface area contributed by atoms with Crippen LogP contribution >= 0.6 is 33.9 Å². The highest BCUT2D eigenvalue weighted by Gasteiger charge is 1.58. The van der Waals surface area contributed by atoms with E-state index in [0.717, 1.165) is 0 Å². The van der Waals surface area contributed by atoms with Crippen LogP contribution in [0.5, 0.6) is 0 Å². The van der Waals surface area contributed by atoms with Gasteiger partial charge in [-0.15, -0.1) is 0 Å². The Balaban J connectivity index is 0.000000162. The van der Waals surface area contributed by atoms with Crippen LogP contribution in [0.25, 0.3) is 0 Å². The average Bonchev–Trinajstić information content (AvgIpc) is 2.23. The van der Waals surface area contributed by atoms with Crippen LogP contribution in [0.2, 0.25) is 0 Å². The molecule has 0 bridgehead atoms. The minimum atomic E-state index is 1.71. The molecule has 0 nitrogen and oxygen atoms in total. The summed E-state index contributed by atoms with van der Waals surface area (Å²) in [7, 11) is 4.33. The third-order valence-electron chi connectivity index (χ3n) is 0.425. The molecular weight excluding hydrogens is 148 g/mol. The van der Waals surface area contributed by atoms with Crippen molar-refractivity contribution in [2.24, 2.45) is 0 Å². The van der Waals surface area contributed by atoms with Gasteiger partial charge in [-0.05, 0) is 21.4 Å². The molecule has 0 unspecified atom stereocenters. The van der Waals surface area contributed by atoms with Crippen molar-refractivity contribution >= 4 is 33.9 Å². The maximum absolute atomic E-state index is 4.33. The SMILES string of the molecule is SCl.c1ccsc1. The molecule has 3 heteroatoms. The lowest BCUT2D eigenvalue weighted by Crippen LogP contribution is -1.16. The van der Waals surface area contributed by atoms with Crippen LogP contribution in [0.3, 0.4) is 0 Å². The molecule has 0 fully saturated rings. The molecule has 0 spiro atoms. The van der Waals surface area contributed by atoms with Crippen molar-refractivity contribution in [3.63, 3.8) is 0 Å². The van der Waals surface area contributed by atoms with Gasteiger partial charge in [-0.25, -0.2) is 0 Å². The zero-order valence-electron chi connectivity index (χ0n) is 3.54. The van der Waals surface area contributed by atoms with Gasteiger partial charge in [-0.2, -0.15) is 11.3 Å². The quantitative estimate of drug-likeness (QED) is 0.543. The second-order valence-electron chi connectivity index (χ2n) is 0.793. The van der Waals surface area contributed by atoms with Crippen LogP contribution in [0.1, 0.15) is 0 Å². The number of rotatable bonds is 0. The van der Waals surface area contributed by atoms with Crippen LogP contribution in [0.15, 0.2) is 22.9 Å². The van der Waals surface area contributed by atoms with E-state index in [0.29, 0.717) is 0 Å². The molecule has 1 rings (SSSR count). The Bertz CT molecular complexity index is 66.2. The Morgan fingerprint density at radius 2 is 1.57 bits per heavy atom. The van der Waals surface area contributed by atoms with Gasteiger partial charge < -0.3 is 0 Å². The first kappa shape index (κ1) is 7.34. The van der Waals surface area contributed by atoms with E-state index in [1.54, 1.807) is 11.3 Å². The second-order valence-corrected chi connectivity index (χ2v) is 1.61. The van der Waals surface area contributed by atoms with E-state index in [2.05, 4.69) is 22.5 Å². The number of halogens is 1. The Morgan fingerprint density at radius 1 is 1.14 bits per heavy atom. The fourth-order valence-electron chi connectivity index (χ4n) is 0.227. The van der Waals surface area contributed by atoms with Gasteiger partial charge in [0.05, 0.1) is 0 Å².